The Labute approximate surface area is 95.4 Å². The van der Waals surface area contributed by atoms with Crippen LogP contribution in [0.1, 0.15) is 53.4 Å². The molecule has 1 N–H and O–H groups in total. The van der Waals surface area contributed by atoms with Crippen LogP contribution in [0.4, 0.5) is 0 Å². The third kappa shape index (κ3) is 4.12. The van der Waals surface area contributed by atoms with Crippen molar-refractivity contribution >= 4 is 0 Å². The predicted octanol–water partition coefficient (Wildman–Crippen LogP) is 2.64. The van der Waals surface area contributed by atoms with Crippen LogP contribution < -0.4 is 5.32 Å². The topological polar surface area (TPSA) is 15.3 Å². The molecular weight excluding hydrogens is 184 g/mol. The zero-order valence-corrected chi connectivity index (χ0v) is 10.9. The van der Waals surface area contributed by atoms with Gasteiger partial charge in [-0.2, -0.15) is 0 Å². The van der Waals surface area contributed by atoms with Gasteiger partial charge in [0, 0.05) is 18.1 Å². The highest BCUT2D eigenvalue weighted by Gasteiger charge is 2.22. The molecule has 0 spiro atoms. The van der Waals surface area contributed by atoms with Crippen LogP contribution in [0, 0.1) is 0 Å². The molecule has 1 fully saturated rings. The van der Waals surface area contributed by atoms with Gasteiger partial charge in [-0.1, -0.05) is 27.7 Å². The SMILES string of the molecule is CCC(CC)N1CCC(NC(C)C)CC1. The summed E-state index contributed by atoms with van der Waals surface area (Å²) in [7, 11) is 0. The molecule has 15 heavy (non-hydrogen) atoms. The normalized spacial score (nSPS) is 20.4. The zero-order valence-electron chi connectivity index (χ0n) is 10.9. The van der Waals surface area contributed by atoms with Gasteiger partial charge in [0.25, 0.3) is 0 Å². The van der Waals surface area contributed by atoms with Crippen molar-refractivity contribution < 1.29 is 0 Å². The third-order valence-corrected chi connectivity index (χ3v) is 3.56. The Balaban J connectivity index is 2.28. The van der Waals surface area contributed by atoms with Gasteiger partial charge < -0.3 is 10.2 Å². The van der Waals surface area contributed by atoms with E-state index in [9.17, 15) is 0 Å². The lowest BCUT2D eigenvalue weighted by atomic mass is 10.0. The fourth-order valence-electron chi connectivity index (χ4n) is 2.71. The second-order valence-corrected chi connectivity index (χ2v) is 5.10. The number of nitrogens with zero attached hydrogens (tertiary/aromatic N) is 1. The number of hydrogen-bond acceptors (Lipinski definition) is 2. The lowest BCUT2D eigenvalue weighted by Crippen LogP contribution is -2.47. The van der Waals surface area contributed by atoms with E-state index in [1.807, 2.05) is 0 Å². The van der Waals surface area contributed by atoms with E-state index in [1.54, 1.807) is 0 Å². The summed E-state index contributed by atoms with van der Waals surface area (Å²) in [4.78, 5) is 2.68. The molecule has 2 nitrogen and oxygen atoms in total. The van der Waals surface area contributed by atoms with Gasteiger partial charge in [0.15, 0.2) is 0 Å². The lowest BCUT2D eigenvalue weighted by Gasteiger charge is -2.37. The van der Waals surface area contributed by atoms with E-state index in [1.165, 1.54) is 38.8 Å². The molecule has 0 aromatic rings. The minimum Gasteiger partial charge on any atom is -0.312 e. The van der Waals surface area contributed by atoms with E-state index >= 15 is 0 Å². The van der Waals surface area contributed by atoms with E-state index in [0.29, 0.717) is 6.04 Å². The summed E-state index contributed by atoms with van der Waals surface area (Å²) in [5.74, 6) is 0. The van der Waals surface area contributed by atoms with Crippen LogP contribution in [-0.2, 0) is 0 Å². The number of likely N-dealkylation sites (tertiary alicyclic amines) is 1. The molecule has 0 saturated carbocycles. The van der Waals surface area contributed by atoms with Crippen molar-refractivity contribution in [2.24, 2.45) is 0 Å². The maximum Gasteiger partial charge on any atom is 0.00937 e. The molecule has 1 rings (SSSR count). The Hall–Kier alpha value is -0.0800. The largest absolute Gasteiger partial charge is 0.312 e. The van der Waals surface area contributed by atoms with Crippen LogP contribution in [0.15, 0.2) is 0 Å². The minimum absolute atomic E-state index is 0.634. The summed E-state index contributed by atoms with van der Waals surface area (Å²) in [6.07, 6.45) is 5.26. The van der Waals surface area contributed by atoms with Crippen molar-refractivity contribution in [2.45, 2.75) is 71.5 Å². The van der Waals surface area contributed by atoms with Crippen LogP contribution in [0.3, 0.4) is 0 Å². The van der Waals surface area contributed by atoms with Gasteiger partial charge in [0.05, 0.1) is 0 Å². The van der Waals surface area contributed by atoms with Crippen molar-refractivity contribution in [3.05, 3.63) is 0 Å². The highest BCUT2D eigenvalue weighted by atomic mass is 15.2. The van der Waals surface area contributed by atoms with Gasteiger partial charge in [-0.3, -0.25) is 0 Å². The molecular formula is C13H28N2. The van der Waals surface area contributed by atoms with Crippen molar-refractivity contribution in [3.63, 3.8) is 0 Å². The number of rotatable bonds is 5. The number of hydrogen-bond donors (Lipinski definition) is 1. The molecule has 0 atom stereocenters. The van der Waals surface area contributed by atoms with Crippen LogP contribution in [-0.4, -0.2) is 36.1 Å². The summed E-state index contributed by atoms with van der Waals surface area (Å²) >= 11 is 0. The average molecular weight is 212 g/mol. The van der Waals surface area contributed by atoms with Crippen LogP contribution in [0.25, 0.3) is 0 Å². The van der Waals surface area contributed by atoms with E-state index in [-0.39, 0.29) is 0 Å². The Morgan fingerprint density at radius 3 is 2.07 bits per heavy atom. The monoisotopic (exact) mass is 212 g/mol. The first-order valence-electron chi connectivity index (χ1n) is 6.67. The highest BCUT2D eigenvalue weighted by Crippen LogP contribution is 2.17. The molecule has 2 heteroatoms. The quantitative estimate of drug-likeness (QED) is 0.753. The molecule has 90 valence electrons. The van der Waals surface area contributed by atoms with Gasteiger partial charge in [-0.15, -0.1) is 0 Å². The third-order valence-electron chi connectivity index (χ3n) is 3.56. The fourth-order valence-corrected chi connectivity index (χ4v) is 2.71. The van der Waals surface area contributed by atoms with Crippen LogP contribution in [0.2, 0.25) is 0 Å². The first-order valence-corrected chi connectivity index (χ1v) is 6.67. The molecule has 0 aromatic heterocycles. The molecule has 1 saturated heterocycles. The molecule has 1 aliphatic rings. The van der Waals surface area contributed by atoms with Crippen molar-refractivity contribution in [1.29, 1.82) is 0 Å². The maximum absolute atomic E-state index is 3.65. The number of nitrogens with one attached hydrogen (secondary N) is 1. The first kappa shape index (κ1) is 13.0. The second kappa shape index (κ2) is 6.49. The molecule has 0 amide bonds. The van der Waals surface area contributed by atoms with Crippen LogP contribution >= 0.6 is 0 Å². The summed E-state index contributed by atoms with van der Waals surface area (Å²) in [5, 5.41) is 3.65. The van der Waals surface area contributed by atoms with Crippen molar-refractivity contribution in [3.8, 4) is 0 Å². The Morgan fingerprint density at radius 2 is 1.67 bits per heavy atom. The van der Waals surface area contributed by atoms with Crippen molar-refractivity contribution in [1.82, 2.24) is 10.2 Å². The number of piperidine rings is 1. The van der Waals surface area contributed by atoms with Crippen molar-refractivity contribution in [2.75, 3.05) is 13.1 Å². The minimum atomic E-state index is 0.634. The molecule has 0 radical (unpaired) electrons. The van der Waals surface area contributed by atoms with Gasteiger partial charge in [-0.05, 0) is 38.8 Å². The van der Waals surface area contributed by atoms with Crippen LogP contribution in [0.5, 0.6) is 0 Å². The molecule has 0 unspecified atom stereocenters. The van der Waals surface area contributed by atoms with E-state index < -0.39 is 0 Å². The average Bonchev–Trinajstić information content (AvgIpc) is 2.21. The first-order chi connectivity index (χ1) is 7.17. The predicted molar refractivity (Wildman–Crippen MR) is 67.2 cm³/mol. The lowest BCUT2D eigenvalue weighted by molar-refractivity contribution is 0.134. The molecule has 0 aromatic carbocycles. The molecule has 1 aliphatic heterocycles. The summed E-state index contributed by atoms with van der Waals surface area (Å²) < 4.78 is 0. The molecule has 1 heterocycles. The molecule has 0 aliphatic carbocycles. The zero-order chi connectivity index (χ0) is 11.3. The smallest absolute Gasteiger partial charge is 0.00937 e. The summed E-state index contributed by atoms with van der Waals surface area (Å²) in [5.41, 5.74) is 0. The van der Waals surface area contributed by atoms with Gasteiger partial charge in [0.1, 0.15) is 0 Å². The van der Waals surface area contributed by atoms with Gasteiger partial charge in [0.2, 0.25) is 0 Å². The summed E-state index contributed by atoms with van der Waals surface area (Å²) in [6, 6.07) is 2.22. The second-order valence-electron chi connectivity index (χ2n) is 5.10. The van der Waals surface area contributed by atoms with Gasteiger partial charge >= 0.3 is 0 Å². The van der Waals surface area contributed by atoms with E-state index in [4.69, 9.17) is 0 Å². The van der Waals surface area contributed by atoms with E-state index in [0.717, 1.165) is 12.1 Å². The Bertz CT molecular complexity index is 156. The highest BCUT2D eigenvalue weighted by molar-refractivity contribution is 4.81. The fraction of sp³-hybridized carbons (Fsp3) is 1.00. The molecule has 0 bridgehead atoms. The van der Waals surface area contributed by atoms with E-state index in [2.05, 4.69) is 37.9 Å². The van der Waals surface area contributed by atoms with Gasteiger partial charge in [-0.25, -0.2) is 0 Å². The summed E-state index contributed by atoms with van der Waals surface area (Å²) in [6.45, 7) is 11.7. The Morgan fingerprint density at radius 1 is 1.13 bits per heavy atom. The standard InChI is InChI=1S/C13H28N2/c1-5-13(6-2)15-9-7-12(8-10-15)14-11(3)4/h11-14H,5-10H2,1-4H3. The Kier molecular flexibility index (Phi) is 5.62. The maximum atomic E-state index is 3.65.